The molecule has 0 spiro atoms. The van der Waals surface area contributed by atoms with Crippen LogP contribution in [0, 0.1) is 11.8 Å². The van der Waals surface area contributed by atoms with E-state index in [1.54, 1.807) is 6.20 Å². The molecule has 0 unspecified atom stereocenters. The highest BCUT2D eigenvalue weighted by Gasteiger charge is 2.36. The molecule has 0 aromatic carbocycles. The first-order chi connectivity index (χ1) is 10.3. The van der Waals surface area contributed by atoms with E-state index in [-0.39, 0.29) is 6.61 Å². The predicted molar refractivity (Wildman–Crippen MR) is 79.0 cm³/mol. The lowest BCUT2D eigenvalue weighted by atomic mass is 9.93. The van der Waals surface area contributed by atoms with E-state index in [1.165, 1.54) is 0 Å². The maximum atomic E-state index is 9.49. The summed E-state index contributed by atoms with van der Waals surface area (Å²) in [5.41, 5.74) is 2.67. The van der Waals surface area contributed by atoms with Gasteiger partial charge >= 0.3 is 0 Å². The molecule has 0 radical (unpaired) electrons. The number of hydrogen-bond acceptors (Lipinski definition) is 4. The maximum absolute atomic E-state index is 9.49. The van der Waals surface area contributed by atoms with E-state index in [0.717, 1.165) is 41.9 Å². The molecule has 6 nitrogen and oxygen atoms in total. The van der Waals surface area contributed by atoms with Crippen LogP contribution in [0.5, 0.6) is 0 Å². The molecule has 3 atom stereocenters. The van der Waals surface area contributed by atoms with Crippen LogP contribution in [-0.4, -0.2) is 36.3 Å². The number of nitrogens with one attached hydrogen (secondary N) is 1. The van der Waals surface area contributed by atoms with Gasteiger partial charge in [0.25, 0.3) is 0 Å². The van der Waals surface area contributed by atoms with Gasteiger partial charge in [-0.15, -0.1) is 10.2 Å². The molecule has 1 saturated carbocycles. The van der Waals surface area contributed by atoms with Crippen molar-refractivity contribution >= 4 is 16.8 Å². The van der Waals surface area contributed by atoms with E-state index in [4.69, 9.17) is 0 Å². The standard InChI is InChI=1S/C15H19N5O/c1-2-10-5-9(8-21)6-11(10)15-19-18-13-7-17-14-12(20(13)15)3-4-16-14/h3-4,7,9-11,16,21H,2,5-6,8H2,1H3/t9-,10+,11-/m1/s1. The van der Waals surface area contributed by atoms with Gasteiger partial charge in [0.1, 0.15) is 5.82 Å². The number of hydrogen-bond donors (Lipinski definition) is 2. The van der Waals surface area contributed by atoms with Crippen LogP contribution in [-0.2, 0) is 0 Å². The summed E-state index contributed by atoms with van der Waals surface area (Å²) < 4.78 is 2.12. The Morgan fingerprint density at radius 2 is 2.29 bits per heavy atom. The molecule has 1 aliphatic carbocycles. The Kier molecular flexibility index (Phi) is 2.92. The molecule has 0 aliphatic heterocycles. The second kappa shape index (κ2) is 4.80. The lowest BCUT2D eigenvalue weighted by Gasteiger charge is -2.16. The summed E-state index contributed by atoms with van der Waals surface area (Å²) in [6.07, 6.45) is 6.83. The third-order valence-corrected chi connectivity index (χ3v) is 4.87. The molecule has 3 aromatic heterocycles. The van der Waals surface area contributed by atoms with Crippen molar-refractivity contribution in [3.05, 3.63) is 24.3 Å². The first-order valence-electron chi connectivity index (χ1n) is 7.59. The Balaban J connectivity index is 1.88. The van der Waals surface area contributed by atoms with Crippen molar-refractivity contribution in [2.24, 2.45) is 11.8 Å². The average Bonchev–Trinajstić information content (AvgIpc) is 3.22. The van der Waals surface area contributed by atoms with E-state index in [1.807, 2.05) is 12.3 Å². The number of aliphatic hydroxyl groups excluding tert-OH is 1. The zero-order valence-electron chi connectivity index (χ0n) is 12.0. The van der Waals surface area contributed by atoms with E-state index in [0.29, 0.717) is 17.8 Å². The molecule has 21 heavy (non-hydrogen) atoms. The first-order valence-corrected chi connectivity index (χ1v) is 7.59. The highest BCUT2D eigenvalue weighted by Crippen LogP contribution is 2.44. The zero-order valence-corrected chi connectivity index (χ0v) is 12.0. The number of nitrogens with zero attached hydrogens (tertiary/aromatic N) is 4. The van der Waals surface area contributed by atoms with Crippen molar-refractivity contribution in [1.29, 1.82) is 0 Å². The van der Waals surface area contributed by atoms with Crippen molar-refractivity contribution in [2.45, 2.75) is 32.1 Å². The van der Waals surface area contributed by atoms with Crippen LogP contribution >= 0.6 is 0 Å². The molecule has 3 aromatic rings. The van der Waals surface area contributed by atoms with Gasteiger partial charge in [0.15, 0.2) is 11.3 Å². The predicted octanol–water partition coefficient (Wildman–Crippen LogP) is 2.12. The van der Waals surface area contributed by atoms with Crippen molar-refractivity contribution in [3.8, 4) is 0 Å². The van der Waals surface area contributed by atoms with Crippen LogP contribution in [0.4, 0.5) is 0 Å². The third kappa shape index (κ3) is 1.86. The maximum Gasteiger partial charge on any atom is 0.179 e. The summed E-state index contributed by atoms with van der Waals surface area (Å²) in [5, 5.41) is 18.2. The Labute approximate surface area is 122 Å². The average molecular weight is 285 g/mol. The number of rotatable bonds is 3. The van der Waals surface area contributed by atoms with Gasteiger partial charge in [-0.25, -0.2) is 4.98 Å². The Hall–Kier alpha value is -1.95. The largest absolute Gasteiger partial charge is 0.396 e. The number of aliphatic hydroxyl groups is 1. The van der Waals surface area contributed by atoms with Gasteiger partial charge in [-0.2, -0.15) is 0 Å². The summed E-state index contributed by atoms with van der Waals surface area (Å²) >= 11 is 0. The lowest BCUT2D eigenvalue weighted by Crippen LogP contribution is -2.09. The minimum absolute atomic E-state index is 0.269. The van der Waals surface area contributed by atoms with Crippen molar-refractivity contribution in [2.75, 3.05) is 6.61 Å². The molecule has 2 N–H and O–H groups in total. The van der Waals surface area contributed by atoms with Gasteiger partial charge in [-0.05, 0) is 30.7 Å². The van der Waals surface area contributed by atoms with Crippen LogP contribution < -0.4 is 0 Å². The molecule has 3 heterocycles. The van der Waals surface area contributed by atoms with Gasteiger partial charge in [0, 0.05) is 18.7 Å². The molecule has 4 rings (SSSR count). The highest BCUT2D eigenvalue weighted by atomic mass is 16.3. The highest BCUT2D eigenvalue weighted by molar-refractivity contribution is 5.74. The molecular formula is C15H19N5O. The number of aromatic amines is 1. The Morgan fingerprint density at radius 3 is 3.10 bits per heavy atom. The fraction of sp³-hybridized carbons (Fsp3) is 0.533. The lowest BCUT2D eigenvalue weighted by molar-refractivity contribution is 0.225. The van der Waals surface area contributed by atoms with Gasteiger partial charge in [-0.3, -0.25) is 4.40 Å². The minimum atomic E-state index is 0.269. The summed E-state index contributed by atoms with van der Waals surface area (Å²) in [5.74, 6) is 2.33. The Bertz CT molecular complexity index is 777. The second-order valence-corrected chi connectivity index (χ2v) is 6.02. The van der Waals surface area contributed by atoms with E-state index >= 15 is 0 Å². The van der Waals surface area contributed by atoms with Gasteiger partial charge in [0.05, 0.1) is 11.7 Å². The smallest absolute Gasteiger partial charge is 0.179 e. The van der Waals surface area contributed by atoms with E-state index < -0.39 is 0 Å². The van der Waals surface area contributed by atoms with E-state index in [9.17, 15) is 5.11 Å². The summed E-state index contributed by atoms with van der Waals surface area (Å²) in [6.45, 7) is 2.49. The van der Waals surface area contributed by atoms with Crippen LogP contribution in [0.3, 0.4) is 0 Å². The van der Waals surface area contributed by atoms with Crippen molar-refractivity contribution < 1.29 is 5.11 Å². The van der Waals surface area contributed by atoms with Crippen molar-refractivity contribution in [1.82, 2.24) is 24.6 Å². The van der Waals surface area contributed by atoms with Gasteiger partial charge in [-0.1, -0.05) is 13.3 Å². The molecule has 0 saturated heterocycles. The first kappa shape index (κ1) is 12.8. The summed E-state index contributed by atoms with van der Waals surface area (Å²) in [4.78, 5) is 7.50. The van der Waals surface area contributed by atoms with Crippen molar-refractivity contribution in [3.63, 3.8) is 0 Å². The minimum Gasteiger partial charge on any atom is -0.396 e. The Morgan fingerprint density at radius 1 is 1.38 bits per heavy atom. The van der Waals surface area contributed by atoms with Crippen LogP contribution in [0.1, 0.15) is 37.9 Å². The summed E-state index contributed by atoms with van der Waals surface area (Å²) in [7, 11) is 0. The fourth-order valence-corrected chi connectivity index (χ4v) is 3.79. The summed E-state index contributed by atoms with van der Waals surface area (Å²) in [6, 6.07) is 2.02. The third-order valence-electron chi connectivity index (χ3n) is 4.87. The SMILES string of the molecule is CC[C@H]1C[C@@H](CO)C[C@H]1c1nnc2cnc3[nH]ccc3n12. The molecule has 110 valence electrons. The normalized spacial score (nSPS) is 26.1. The van der Waals surface area contributed by atoms with Crippen LogP contribution in [0.25, 0.3) is 16.8 Å². The van der Waals surface area contributed by atoms with Crippen LogP contribution in [0.15, 0.2) is 18.5 Å². The van der Waals surface area contributed by atoms with E-state index in [2.05, 4.69) is 31.5 Å². The number of aromatic nitrogens is 5. The molecule has 0 amide bonds. The van der Waals surface area contributed by atoms with Gasteiger partial charge < -0.3 is 10.1 Å². The van der Waals surface area contributed by atoms with Crippen LogP contribution in [0.2, 0.25) is 0 Å². The molecule has 6 heteroatoms. The molecule has 1 aliphatic rings. The number of H-pyrrole nitrogens is 1. The topological polar surface area (TPSA) is 79.1 Å². The molecule has 0 bridgehead atoms. The quantitative estimate of drug-likeness (QED) is 0.772. The van der Waals surface area contributed by atoms with Gasteiger partial charge in [0.2, 0.25) is 0 Å². The fourth-order valence-electron chi connectivity index (χ4n) is 3.79. The molecular weight excluding hydrogens is 266 g/mol. The zero-order chi connectivity index (χ0) is 14.4. The molecule has 1 fully saturated rings. The monoisotopic (exact) mass is 285 g/mol. The number of fused-ring (bicyclic) bond motifs is 3. The second-order valence-electron chi connectivity index (χ2n) is 6.02.